The standard InChI is InChI=1S/C13H13FO2S/c1-16-11-5-2-4-9(13(11)14)8-10(15)12-6-3-7-17-12/h2-7,10,15H,8H2,1H3. The Morgan fingerprint density at radius 3 is 2.82 bits per heavy atom. The van der Waals surface area contributed by atoms with Gasteiger partial charge < -0.3 is 9.84 Å². The molecule has 0 fully saturated rings. The first-order valence-electron chi connectivity index (χ1n) is 5.25. The van der Waals surface area contributed by atoms with E-state index in [0.717, 1.165) is 4.88 Å². The van der Waals surface area contributed by atoms with E-state index in [-0.39, 0.29) is 12.2 Å². The van der Waals surface area contributed by atoms with Crippen LogP contribution in [-0.4, -0.2) is 12.2 Å². The molecule has 0 saturated carbocycles. The molecular formula is C13H13FO2S. The Kier molecular flexibility index (Phi) is 3.76. The van der Waals surface area contributed by atoms with Crippen molar-refractivity contribution in [2.45, 2.75) is 12.5 Å². The fourth-order valence-corrected chi connectivity index (χ4v) is 2.37. The van der Waals surface area contributed by atoms with Gasteiger partial charge in [-0.1, -0.05) is 18.2 Å². The van der Waals surface area contributed by atoms with Gasteiger partial charge in [0.15, 0.2) is 11.6 Å². The third-order valence-electron chi connectivity index (χ3n) is 2.55. The quantitative estimate of drug-likeness (QED) is 0.905. The molecule has 0 aliphatic heterocycles. The van der Waals surface area contributed by atoms with Gasteiger partial charge in [0.05, 0.1) is 13.2 Å². The molecule has 0 radical (unpaired) electrons. The van der Waals surface area contributed by atoms with E-state index in [9.17, 15) is 9.50 Å². The van der Waals surface area contributed by atoms with E-state index in [4.69, 9.17) is 4.74 Å². The molecular weight excluding hydrogens is 239 g/mol. The van der Waals surface area contributed by atoms with Crippen molar-refractivity contribution in [2.75, 3.05) is 7.11 Å². The molecule has 0 bridgehead atoms. The highest BCUT2D eigenvalue weighted by molar-refractivity contribution is 7.10. The van der Waals surface area contributed by atoms with Crippen molar-refractivity contribution in [1.29, 1.82) is 0 Å². The number of rotatable bonds is 4. The smallest absolute Gasteiger partial charge is 0.168 e. The zero-order chi connectivity index (χ0) is 12.3. The molecule has 2 rings (SSSR count). The van der Waals surface area contributed by atoms with Gasteiger partial charge in [0.1, 0.15) is 0 Å². The average Bonchev–Trinajstić information content (AvgIpc) is 2.85. The molecule has 0 amide bonds. The van der Waals surface area contributed by atoms with Crippen molar-refractivity contribution in [1.82, 2.24) is 0 Å². The van der Waals surface area contributed by atoms with E-state index in [1.54, 1.807) is 18.2 Å². The second-order valence-corrected chi connectivity index (χ2v) is 4.65. The minimum Gasteiger partial charge on any atom is -0.494 e. The number of ether oxygens (including phenoxy) is 1. The van der Waals surface area contributed by atoms with Crippen molar-refractivity contribution in [2.24, 2.45) is 0 Å². The molecule has 1 aromatic heterocycles. The minimum absolute atomic E-state index is 0.209. The van der Waals surface area contributed by atoms with E-state index < -0.39 is 11.9 Å². The number of methoxy groups -OCH3 is 1. The summed E-state index contributed by atoms with van der Waals surface area (Å²) in [6, 6.07) is 8.65. The van der Waals surface area contributed by atoms with Crippen LogP contribution in [0.15, 0.2) is 35.7 Å². The lowest BCUT2D eigenvalue weighted by atomic mass is 10.1. The molecule has 2 nitrogen and oxygen atoms in total. The van der Waals surface area contributed by atoms with Gasteiger partial charge in [-0.05, 0) is 23.1 Å². The maximum Gasteiger partial charge on any atom is 0.168 e. The number of aliphatic hydroxyl groups is 1. The van der Waals surface area contributed by atoms with Gasteiger partial charge in [-0.25, -0.2) is 4.39 Å². The first-order valence-corrected chi connectivity index (χ1v) is 6.13. The largest absolute Gasteiger partial charge is 0.494 e. The Morgan fingerprint density at radius 1 is 1.35 bits per heavy atom. The van der Waals surface area contributed by atoms with Crippen LogP contribution in [0.25, 0.3) is 0 Å². The summed E-state index contributed by atoms with van der Waals surface area (Å²) in [7, 11) is 1.43. The average molecular weight is 252 g/mol. The SMILES string of the molecule is COc1cccc(CC(O)c2cccs2)c1F. The summed E-state index contributed by atoms with van der Waals surface area (Å²) < 4.78 is 18.7. The zero-order valence-electron chi connectivity index (χ0n) is 9.39. The second-order valence-electron chi connectivity index (χ2n) is 3.67. The molecule has 4 heteroatoms. The fourth-order valence-electron chi connectivity index (χ4n) is 1.66. The summed E-state index contributed by atoms with van der Waals surface area (Å²) in [4.78, 5) is 0.840. The predicted molar refractivity (Wildman–Crippen MR) is 65.9 cm³/mol. The Balaban J connectivity index is 2.19. The predicted octanol–water partition coefficient (Wildman–Crippen LogP) is 3.17. The fraction of sp³-hybridized carbons (Fsp3) is 0.231. The molecule has 0 spiro atoms. The zero-order valence-corrected chi connectivity index (χ0v) is 10.2. The Morgan fingerprint density at radius 2 is 2.18 bits per heavy atom. The molecule has 1 N–H and O–H groups in total. The summed E-state index contributed by atoms with van der Waals surface area (Å²) >= 11 is 1.46. The second kappa shape index (κ2) is 5.29. The number of benzene rings is 1. The van der Waals surface area contributed by atoms with Crippen molar-refractivity contribution in [3.63, 3.8) is 0 Å². The van der Waals surface area contributed by atoms with Gasteiger partial charge in [0.2, 0.25) is 0 Å². The summed E-state index contributed by atoms with van der Waals surface area (Å²) in [5, 5.41) is 11.8. The summed E-state index contributed by atoms with van der Waals surface area (Å²) in [6.07, 6.45) is -0.416. The van der Waals surface area contributed by atoms with Crippen LogP contribution in [0.2, 0.25) is 0 Å². The van der Waals surface area contributed by atoms with Crippen LogP contribution < -0.4 is 4.74 Å². The van der Waals surface area contributed by atoms with E-state index >= 15 is 0 Å². The van der Waals surface area contributed by atoms with Crippen LogP contribution in [0.4, 0.5) is 4.39 Å². The molecule has 1 aromatic carbocycles. The number of halogens is 1. The van der Waals surface area contributed by atoms with Crippen LogP contribution in [0.5, 0.6) is 5.75 Å². The lowest BCUT2D eigenvalue weighted by Gasteiger charge is -2.11. The van der Waals surface area contributed by atoms with E-state index in [1.807, 2.05) is 17.5 Å². The topological polar surface area (TPSA) is 29.5 Å². The highest BCUT2D eigenvalue weighted by Crippen LogP contribution is 2.26. The maximum absolute atomic E-state index is 13.8. The molecule has 90 valence electrons. The summed E-state index contributed by atoms with van der Waals surface area (Å²) in [5.41, 5.74) is 0.463. The monoisotopic (exact) mass is 252 g/mol. The molecule has 0 saturated heterocycles. The lowest BCUT2D eigenvalue weighted by molar-refractivity contribution is 0.180. The van der Waals surface area contributed by atoms with Crippen molar-refractivity contribution < 1.29 is 14.2 Å². The van der Waals surface area contributed by atoms with Crippen molar-refractivity contribution >= 4 is 11.3 Å². The van der Waals surface area contributed by atoms with E-state index in [2.05, 4.69) is 0 Å². The summed E-state index contributed by atoms with van der Waals surface area (Å²) in [6.45, 7) is 0. The third-order valence-corrected chi connectivity index (χ3v) is 3.52. The van der Waals surface area contributed by atoms with Crippen LogP contribution in [0, 0.1) is 5.82 Å². The molecule has 0 aliphatic rings. The van der Waals surface area contributed by atoms with E-state index in [1.165, 1.54) is 18.4 Å². The van der Waals surface area contributed by atoms with Gasteiger partial charge in [-0.15, -0.1) is 11.3 Å². The first kappa shape index (κ1) is 12.1. The minimum atomic E-state index is -0.670. The number of hydrogen-bond acceptors (Lipinski definition) is 3. The Hall–Kier alpha value is -1.39. The van der Waals surface area contributed by atoms with Gasteiger partial charge in [-0.3, -0.25) is 0 Å². The van der Waals surface area contributed by atoms with Crippen LogP contribution in [0.3, 0.4) is 0 Å². The highest BCUT2D eigenvalue weighted by atomic mass is 32.1. The van der Waals surface area contributed by atoms with E-state index in [0.29, 0.717) is 5.56 Å². The molecule has 1 heterocycles. The highest BCUT2D eigenvalue weighted by Gasteiger charge is 2.14. The molecule has 0 aliphatic carbocycles. The Labute approximate surface area is 103 Å². The Bertz CT molecular complexity index is 482. The molecule has 2 aromatic rings. The van der Waals surface area contributed by atoms with Crippen LogP contribution in [-0.2, 0) is 6.42 Å². The first-order chi connectivity index (χ1) is 8.22. The van der Waals surface area contributed by atoms with Crippen LogP contribution in [0.1, 0.15) is 16.5 Å². The van der Waals surface area contributed by atoms with Crippen molar-refractivity contribution in [3.8, 4) is 5.75 Å². The third kappa shape index (κ3) is 2.65. The normalized spacial score (nSPS) is 12.4. The van der Waals surface area contributed by atoms with Crippen molar-refractivity contribution in [3.05, 3.63) is 52.0 Å². The molecule has 1 atom stereocenters. The number of aliphatic hydroxyl groups excluding tert-OH is 1. The summed E-state index contributed by atoms with van der Waals surface area (Å²) in [5.74, 6) is -0.188. The van der Waals surface area contributed by atoms with Gasteiger partial charge in [0.25, 0.3) is 0 Å². The number of thiophene rings is 1. The van der Waals surface area contributed by atoms with Gasteiger partial charge >= 0.3 is 0 Å². The van der Waals surface area contributed by atoms with Gasteiger partial charge in [-0.2, -0.15) is 0 Å². The number of hydrogen-bond donors (Lipinski definition) is 1. The molecule has 17 heavy (non-hydrogen) atoms. The van der Waals surface area contributed by atoms with Gasteiger partial charge in [0, 0.05) is 11.3 Å². The maximum atomic E-state index is 13.8. The molecule has 1 unspecified atom stereocenters. The lowest BCUT2D eigenvalue weighted by Crippen LogP contribution is -2.02. The van der Waals surface area contributed by atoms with Crippen LogP contribution >= 0.6 is 11.3 Å².